The Kier molecular flexibility index (Phi) is 6.53. The van der Waals surface area contributed by atoms with Crippen LogP contribution in [0.15, 0.2) is 36.9 Å². The molecule has 2 aliphatic heterocycles. The fraction of sp³-hybridized carbons (Fsp3) is 0.500. The first-order valence-electron chi connectivity index (χ1n) is 10.7. The molecule has 9 heteroatoms. The van der Waals surface area contributed by atoms with Gasteiger partial charge in [-0.2, -0.15) is 0 Å². The highest BCUT2D eigenvalue weighted by Crippen LogP contribution is 2.27. The Bertz CT molecular complexity index is 899. The van der Waals surface area contributed by atoms with Crippen LogP contribution in [0.5, 0.6) is 0 Å². The van der Waals surface area contributed by atoms with E-state index < -0.39 is 6.10 Å². The van der Waals surface area contributed by atoms with E-state index in [4.69, 9.17) is 0 Å². The van der Waals surface area contributed by atoms with Gasteiger partial charge in [0.15, 0.2) is 0 Å². The van der Waals surface area contributed by atoms with E-state index in [0.717, 1.165) is 24.1 Å². The first-order chi connectivity index (χ1) is 15.0. The van der Waals surface area contributed by atoms with E-state index in [0.29, 0.717) is 38.3 Å². The molecular formula is C22H28N6O3. The summed E-state index contributed by atoms with van der Waals surface area (Å²) in [6.07, 6.45) is 7.96. The van der Waals surface area contributed by atoms with E-state index in [1.54, 1.807) is 23.5 Å². The normalized spacial score (nSPS) is 22.5. The summed E-state index contributed by atoms with van der Waals surface area (Å²) < 4.78 is 0. The number of amides is 2. The van der Waals surface area contributed by atoms with Crippen LogP contribution in [0, 0.1) is 6.92 Å². The molecule has 0 saturated carbocycles. The third kappa shape index (κ3) is 5.05. The number of aryl methyl sites for hydroxylation is 1. The largest absolute Gasteiger partial charge is 0.392 e. The van der Waals surface area contributed by atoms with Crippen LogP contribution >= 0.6 is 0 Å². The van der Waals surface area contributed by atoms with Gasteiger partial charge >= 0.3 is 0 Å². The molecule has 2 atom stereocenters. The monoisotopic (exact) mass is 424 g/mol. The van der Waals surface area contributed by atoms with Gasteiger partial charge in [0, 0.05) is 50.8 Å². The second kappa shape index (κ2) is 9.49. The summed E-state index contributed by atoms with van der Waals surface area (Å²) in [7, 11) is 0. The molecule has 9 nitrogen and oxygen atoms in total. The minimum atomic E-state index is -0.517. The summed E-state index contributed by atoms with van der Waals surface area (Å²) in [5, 5.41) is 13.2. The Hall–Kier alpha value is -2.91. The Morgan fingerprint density at radius 3 is 2.68 bits per heavy atom. The number of pyridine rings is 1. The number of hydrogen-bond acceptors (Lipinski definition) is 7. The van der Waals surface area contributed by atoms with Crippen LogP contribution in [0.4, 0.5) is 0 Å². The predicted octanol–water partition coefficient (Wildman–Crippen LogP) is 0.536. The Morgan fingerprint density at radius 1 is 1.19 bits per heavy atom. The number of likely N-dealkylation sites (tertiary alicyclic amines) is 2. The molecule has 0 radical (unpaired) electrons. The maximum atomic E-state index is 12.8. The number of carbonyl (C=O) groups excluding carboxylic acids is 2. The minimum absolute atomic E-state index is 0.0751. The lowest BCUT2D eigenvalue weighted by Crippen LogP contribution is -2.52. The molecule has 2 N–H and O–H groups in total. The third-order valence-electron chi connectivity index (χ3n) is 6.03. The molecule has 0 bridgehead atoms. The molecule has 0 aromatic carbocycles. The summed E-state index contributed by atoms with van der Waals surface area (Å²) in [5.74, 6) is -0.188. The molecule has 0 unspecified atom stereocenters. The Balaban J connectivity index is 1.33. The number of nitrogens with zero attached hydrogens (tertiary/aromatic N) is 5. The number of aromatic nitrogens is 3. The molecule has 4 rings (SSSR count). The number of β-amino-alcohol motifs (C(OH)–C–C–N with tert-alkyl or cyclic N) is 1. The Morgan fingerprint density at radius 2 is 2.00 bits per heavy atom. The molecule has 31 heavy (non-hydrogen) atoms. The van der Waals surface area contributed by atoms with Crippen molar-refractivity contribution in [2.45, 2.75) is 50.9 Å². The highest BCUT2D eigenvalue weighted by molar-refractivity contribution is 5.92. The number of nitrogens with one attached hydrogen (secondary N) is 1. The van der Waals surface area contributed by atoms with Crippen molar-refractivity contribution in [3.63, 3.8) is 0 Å². The van der Waals surface area contributed by atoms with Gasteiger partial charge in [-0.05, 0) is 37.8 Å². The van der Waals surface area contributed by atoms with Crippen molar-refractivity contribution in [3.05, 3.63) is 53.9 Å². The van der Waals surface area contributed by atoms with Crippen LogP contribution in [0.1, 0.15) is 41.0 Å². The van der Waals surface area contributed by atoms with E-state index in [-0.39, 0.29) is 23.9 Å². The lowest BCUT2D eigenvalue weighted by molar-refractivity contribution is -0.126. The second-order valence-electron chi connectivity index (χ2n) is 8.25. The van der Waals surface area contributed by atoms with Crippen molar-refractivity contribution in [2.24, 2.45) is 0 Å². The fourth-order valence-electron chi connectivity index (χ4n) is 4.37. The topological polar surface area (TPSA) is 112 Å². The van der Waals surface area contributed by atoms with Crippen LogP contribution in [0.3, 0.4) is 0 Å². The van der Waals surface area contributed by atoms with Gasteiger partial charge in [-0.3, -0.25) is 24.5 Å². The van der Waals surface area contributed by atoms with E-state index in [1.165, 1.54) is 6.20 Å². The lowest BCUT2D eigenvalue weighted by atomic mass is 10.0. The molecule has 2 amide bonds. The average molecular weight is 425 g/mol. The average Bonchev–Trinajstić information content (AvgIpc) is 3.20. The number of piperidine rings is 1. The van der Waals surface area contributed by atoms with Crippen LogP contribution in [0.25, 0.3) is 0 Å². The van der Waals surface area contributed by atoms with Gasteiger partial charge in [0.25, 0.3) is 5.91 Å². The number of carbonyl (C=O) groups is 2. The van der Waals surface area contributed by atoms with E-state index in [1.807, 2.05) is 19.1 Å². The summed E-state index contributed by atoms with van der Waals surface area (Å²) in [5.41, 5.74) is 2.07. The van der Waals surface area contributed by atoms with Gasteiger partial charge in [-0.1, -0.05) is 6.07 Å². The summed E-state index contributed by atoms with van der Waals surface area (Å²) >= 11 is 0. The zero-order valence-electron chi connectivity index (χ0n) is 17.6. The van der Waals surface area contributed by atoms with Crippen molar-refractivity contribution in [1.82, 2.24) is 30.1 Å². The van der Waals surface area contributed by atoms with Crippen molar-refractivity contribution >= 4 is 11.8 Å². The first kappa shape index (κ1) is 21.3. The molecule has 4 heterocycles. The molecule has 2 fully saturated rings. The minimum Gasteiger partial charge on any atom is -0.392 e. The quantitative estimate of drug-likeness (QED) is 0.720. The number of rotatable bonds is 5. The standard InChI is InChI=1S/C22H28N6O3/c1-15-10-25-19(13-24-15)22(31)27-7-4-17(5-8-27)28-14-18(29)9-20(28)21(30)26-12-16-3-2-6-23-11-16/h2-3,6,10-11,13,17-18,20,29H,4-5,7-9,12,14H2,1H3,(H,26,30)/t18-,20+/m1/s1. The van der Waals surface area contributed by atoms with Gasteiger partial charge in [0.2, 0.25) is 5.91 Å². The maximum Gasteiger partial charge on any atom is 0.274 e. The predicted molar refractivity (Wildman–Crippen MR) is 113 cm³/mol. The summed E-state index contributed by atoms with van der Waals surface area (Å²) in [4.78, 5) is 41.8. The van der Waals surface area contributed by atoms with Gasteiger partial charge in [-0.25, -0.2) is 4.98 Å². The molecular weight excluding hydrogens is 396 g/mol. The number of aliphatic hydroxyl groups excluding tert-OH is 1. The van der Waals surface area contributed by atoms with Crippen molar-refractivity contribution < 1.29 is 14.7 Å². The highest BCUT2D eigenvalue weighted by atomic mass is 16.3. The van der Waals surface area contributed by atoms with Crippen LogP contribution < -0.4 is 5.32 Å². The number of aliphatic hydroxyl groups is 1. The first-order valence-corrected chi connectivity index (χ1v) is 10.7. The summed E-state index contributed by atoms with van der Waals surface area (Å²) in [6, 6.07) is 3.55. The van der Waals surface area contributed by atoms with Crippen molar-refractivity contribution in [1.29, 1.82) is 0 Å². The number of hydrogen-bond donors (Lipinski definition) is 2. The van der Waals surface area contributed by atoms with Crippen LogP contribution in [0.2, 0.25) is 0 Å². The fourth-order valence-corrected chi connectivity index (χ4v) is 4.37. The van der Waals surface area contributed by atoms with Gasteiger partial charge in [0.1, 0.15) is 5.69 Å². The molecule has 164 valence electrons. The van der Waals surface area contributed by atoms with Gasteiger partial charge in [-0.15, -0.1) is 0 Å². The SMILES string of the molecule is Cc1cnc(C(=O)N2CCC(N3C[C@H](O)C[C@H]3C(=O)NCc3cccnc3)CC2)cn1. The zero-order chi connectivity index (χ0) is 21.8. The van der Waals surface area contributed by atoms with Gasteiger partial charge in [0.05, 0.1) is 24.0 Å². The van der Waals surface area contributed by atoms with Gasteiger partial charge < -0.3 is 15.3 Å². The highest BCUT2D eigenvalue weighted by Gasteiger charge is 2.41. The lowest BCUT2D eigenvalue weighted by Gasteiger charge is -2.38. The van der Waals surface area contributed by atoms with E-state index in [2.05, 4.69) is 25.2 Å². The molecule has 2 aromatic heterocycles. The molecule has 0 aliphatic carbocycles. The maximum absolute atomic E-state index is 12.8. The van der Waals surface area contributed by atoms with Crippen LogP contribution in [-0.2, 0) is 11.3 Å². The smallest absolute Gasteiger partial charge is 0.274 e. The van der Waals surface area contributed by atoms with E-state index in [9.17, 15) is 14.7 Å². The Labute approximate surface area is 181 Å². The van der Waals surface area contributed by atoms with Crippen LogP contribution in [-0.4, -0.2) is 79.5 Å². The van der Waals surface area contributed by atoms with Crippen molar-refractivity contribution in [2.75, 3.05) is 19.6 Å². The molecule has 0 spiro atoms. The summed E-state index contributed by atoms with van der Waals surface area (Å²) in [6.45, 7) is 3.91. The van der Waals surface area contributed by atoms with E-state index >= 15 is 0 Å². The molecule has 2 aromatic rings. The molecule has 2 saturated heterocycles. The second-order valence-corrected chi connectivity index (χ2v) is 8.25. The molecule has 2 aliphatic rings. The zero-order valence-corrected chi connectivity index (χ0v) is 17.6. The van der Waals surface area contributed by atoms with Crippen molar-refractivity contribution in [3.8, 4) is 0 Å². The third-order valence-corrected chi connectivity index (χ3v) is 6.03.